The van der Waals surface area contributed by atoms with Gasteiger partial charge < -0.3 is 24.6 Å². The molecule has 33 heavy (non-hydrogen) atoms. The van der Waals surface area contributed by atoms with Gasteiger partial charge in [-0.25, -0.2) is 9.79 Å². The van der Waals surface area contributed by atoms with Gasteiger partial charge in [0.25, 0.3) is 0 Å². The topological polar surface area (TPSA) is 66.4 Å². The number of para-hydroxylation sites is 1. The Morgan fingerprint density at radius 3 is 2.52 bits per heavy atom. The largest absolute Gasteiger partial charge is 0.497 e. The number of carbonyl (C=O) groups excluding carboxylic acids is 1. The third kappa shape index (κ3) is 4.35. The van der Waals surface area contributed by atoms with E-state index in [0.717, 1.165) is 45.6 Å². The lowest BCUT2D eigenvalue weighted by Gasteiger charge is -2.36. The standard InChI is InChI=1S/C26H26N4O3/c1-18-8-10-22-24(16-18)33-23-11-9-20(32-2)17-21(23)25(28-22)29-12-14-30(15-13-29)26(31)27-19-6-4-3-5-7-19/h3-11,16-17H,12-15H2,1-2H3,(H,27,31). The Kier molecular flexibility index (Phi) is 5.60. The Morgan fingerprint density at radius 2 is 1.76 bits per heavy atom. The number of hydrogen-bond donors (Lipinski definition) is 1. The smallest absolute Gasteiger partial charge is 0.321 e. The van der Waals surface area contributed by atoms with Gasteiger partial charge in [-0.15, -0.1) is 0 Å². The van der Waals surface area contributed by atoms with E-state index in [9.17, 15) is 4.79 Å². The van der Waals surface area contributed by atoms with E-state index in [1.165, 1.54) is 0 Å². The molecule has 7 heteroatoms. The Morgan fingerprint density at radius 1 is 0.970 bits per heavy atom. The highest BCUT2D eigenvalue weighted by molar-refractivity contribution is 6.04. The molecule has 0 aliphatic carbocycles. The molecular formula is C26H26N4O3. The van der Waals surface area contributed by atoms with Gasteiger partial charge in [-0.2, -0.15) is 0 Å². The van der Waals surface area contributed by atoms with Crippen LogP contribution in [0, 0.1) is 6.92 Å². The maximum atomic E-state index is 12.7. The lowest BCUT2D eigenvalue weighted by molar-refractivity contribution is 0.181. The summed E-state index contributed by atoms with van der Waals surface area (Å²) in [6, 6.07) is 21.2. The number of ether oxygens (including phenoxy) is 2. The first-order valence-corrected chi connectivity index (χ1v) is 11.0. The fraction of sp³-hybridized carbons (Fsp3) is 0.231. The Labute approximate surface area is 193 Å². The lowest BCUT2D eigenvalue weighted by atomic mass is 10.1. The number of amidine groups is 1. The van der Waals surface area contributed by atoms with Crippen molar-refractivity contribution in [3.8, 4) is 17.2 Å². The number of carbonyl (C=O) groups is 1. The lowest BCUT2D eigenvalue weighted by Crippen LogP contribution is -2.51. The third-order valence-corrected chi connectivity index (χ3v) is 5.88. The van der Waals surface area contributed by atoms with Gasteiger partial charge in [0.15, 0.2) is 5.75 Å². The highest BCUT2D eigenvalue weighted by atomic mass is 16.5. The molecule has 2 aliphatic rings. The molecule has 0 aromatic heterocycles. The van der Waals surface area contributed by atoms with Gasteiger partial charge in [0.05, 0.1) is 12.7 Å². The molecule has 0 saturated carbocycles. The molecule has 2 heterocycles. The normalized spacial score (nSPS) is 14.9. The van der Waals surface area contributed by atoms with Gasteiger partial charge in [0, 0.05) is 31.9 Å². The predicted molar refractivity (Wildman–Crippen MR) is 129 cm³/mol. The molecule has 1 saturated heterocycles. The first-order valence-electron chi connectivity index (χ1n) is 11.0. The van der Waals surface area contributed by atoms with E-state index in [2.05, 4.69) is 10.2 Å². The van der Waals surface area contributed by atoms with Gasteiger partial charge in [-0.1, -0.05) is 24.3 Å². The summed E-state index contributed by atoms with van der Waals surface area (Å²) < 4.78 is 11.7. The van der Waals surface area contributed by atoms with Crippen LogP contribution < -0.4 is 14.8 Å². The minimum absolute atomic E-state index is 0.0881. The van der Waals surface area contributed by atoms with E-state index < -0.39 is 0 Å². The first-order chi connectivity index (χ1) is 16.1. The average molecular weight is 443 g/mol. The van der Waals surface area contributed by atoms with Crippen molar-refractivity contribution >= 4 is 23.2 Å². The maximum absolute atomic E-state index is 12.7. The number of hydrogen-bond acceptors (Lipinski definition) is 5. The van der Waals surface area contributed by atoms with Crippen molar-refractivity contribution in [2.24, 2.45) is 4.99 Å². The fourth-order valence-corrected chi connectivity index (χ4v) is 4.07. The predicted octanol–water partition coefficient (Wildman–Crippen LogP) is 5.04. The number of fused-ring (bicyclic) bond motifs is 2. The highest BCUT2D eigenvalue weighted by Crippen LogP contribution is 2.40. The van der Waals surface area contributed by atoms with Crippen LogP contribution >= 0.6 is 0 Å². The van der Waals surface area contributed by atoms with Gasteiger partial charge >= 0.3 is 6.03 Å². The van der Waals surface area contributed by atoms with Gasteiger partial charge in [-0.05, 0) is 55.0 Å². The van der Waals surface area contributed by atoms with Crippen molar-refractivity contribution in [2.45, 2.75) is 6.92 Å². The molecule has 0 spiro atoms. The van der Waals surface area contributed by atoms with Crippen molar-refractivity contribution in [1.82, 2.24) is 9.80 Å². The van der Waals surface area contributed by atoms with E-state index in [0.29, 0.717) is 26.2 Å². The third-order valence-electron chi connectivity index (χ3n) is 5.88. The summed E-state index contributed by atoms with van der Waals surface area (Å²) in [5, 5.41) is 2.97. The van der Waals surface area contributed by atoms with Crippen LogP contribution in [0.1, 0.15) is 11.1 Å². The number of aliphatic imine (C=N–C) groups is 1. The van der Waals surface area contributed by atoms with Gasteiger partial charge in [0.1, 0.15) is 23.0 Å². The Balaban J connectivity index is 1.40. The molecule has 0 unspecified atom stereocenters. The number of anilines is 1. The summed E-state index contributed by atoms with van der Waals surface area (Å²) in [5.74, 6) is 3.04. The maximum Gasteiger partial charge on any atom is 0.321 e. The van der Waals surface area contributed by atoms with E-state index >= 15 is 0 Å². The van der Waals surface area contributed by atoms with Crippen LogP contribution in [0.3, 0.4) is 0 Å². The molecule has 3 aromatic carbocycles. The fourth-order valence-electron chi connectivity index (χ4n) is 4.07. The summed E-state index contributed by atoms with van der Waals surface area (Å²) >= 11 is 0. The molecule has 1 fully saturated rings. The minimum atomic E-state index is -0.0881. The number of urea groups is 1. The molecule has 5 rings (SSSR count). The van der Waals surface area contributed by atoms with Crippen LogP contribution in [0.2, 0.25) is 0 Å². The summed E-state index contributed by atoms with van der Waals surface area (Å²) in [6.07, 6.45) is 0. The molecule has 7 nitrogen and oxygen atoms in total. The van der Waals surface area contributed by atoms with Crippen LogP contribution in [0.4, 0.5) is 16.2 Å². The summed E-state index contributed by atoms with van der Waals surface area (Å²) in [5.41, 5.74) is 3.57. The number of nitrogens with one attached hydrogen (secondary N) is 1. The highest BCUT2D eigenvalue weighted by Gasteiger charge is 2.28. The number of aryl methyl sites for hydroxylation is 1. The molecule has 1 N–H and O–H groups in total. The van der Waals surface area contributed by atoms with Crippen molar-refractivity contribution in [3.63, 3.8) is 0 Å². The zero-order valence-corrected chi connectivity index (χ0v) is 18.7. The molecule has 2 amide bonds. The van der Waals surface area contributed by atoms with Gasteiger partial charge in [-0.3, -0.25) is 0 Å². The minimum Gasteiger partial charge on any atom is -0.497 e. The molecule has 0 bridgehead atoms. The SMILES string of the molecule is COc1ccc2c(c1)C(N1CCN(C(=O)Nc3ccccc3)CC1)=Nc1ccc(C)cc1O2. The Hall–Kier alpha value is -4.00. The van der Waals surface area contributed by atoms with Gasteiger partial charge in [0.2, 0.25) is 0 Å². The molecule has 3 aromatic rings. The molecule has 168 valence electrons. The second-order valence-electron chi connectivity index (χ2n) is 8.14. The molecule has 2 aliphatic heterocycles. The number of nitrogens with zero attached hydrogens (tertiary/aromatic N) is 3. The average Bonchev–Trinajstić information content (AvgIpc) is 3.00. The number of piperazine rings is 1. The van der Waals surface area contributed by atoms with Crippen LogP contribution in [0.15, 0.2) is 71.7 Å². The van der Waals surface area contributed by atoms with E-state index in [1.807, 2.05) is 78.6 Å². The molecule has 0 radical (unpaired) electrons. The number of methoxy groups -OCH3 is 1. The van der Waals surface area contributed by atoms with Crippen LogP contribution in [0.5, 0.6) is 17.2 Å². The summed E-state index contributed by atoms with van der Waals surface area (Å²) in [7, 11) is 1.65. The number of benzene rings is 3. The first kappa shape index (κ1) is 20.9. The van der Waals surface area contributed by atoms with Crippen LogP contribution in [-0.2, 0) is 0 Å². The van der Waals surface area contributed by atoms with Crippen molar-refractivity contribution in [3.05, 3.63) is 77.9 Å². The summed E-state index contributed by atoms with van der Waals surface area (Å²) in [6.45, 7) is 4.56. The van der Waals surface area contributed by atoms with E-state index in [4.69, 9.17) is 14.5 Å². The molecule has 0 atom stereocenters. The quantitative estimate of drug-likeness (QED) is 0.604. The Bertz CT molecular complexity index is 1200. The van der Waals surface area contributed by atoms with Crippen LogP contribution in [0.25, 0.3) is 0 Å². The summed E-state index contributed by atoms with van der Waals surface area (Å²) in [4.78, 5) is 21.8. The van der Waals surface area contributed by atoms with Crippen molar-refractivity contribution in [2.75, 3.05) is 38.6 Å². The zero-order chi connectivity index (χ0) is 22.8. The van der Waals surface area contributed by atoms with Crippen molar-refractivity contribution < 1.29 is 14.3 Å². The zero-order valence-electron chi connectivity index (χ0n) is 18.7. The second-order valence-corrected chi connectivity index (χ2v) is 8.14. The van der Waals surface area contributed by atoms with E-state index in [-0.39, 0.29) is 6.03 Å². The monoisotopic (exact) mass is 442 g/mol. The van der Waals surface area contributed by atoms with Crippen molar-refractivity contribution in [1.29, 1.82) is 0 Å². The second kappa shape index (κ2) is 8.86. The molecular weight excluding hydrogens is 416 g/mol. The van der Waals surface area contributed by atoms with E-state index in [1.54, 1.807) is 7.11 Å². The number of amides is 2. The number of rotatable bonds is 2. The van der Waals surface area contributed by atoms with Crippen LogP contribution in [-0.4, -0.2) is 55.0 Å².